The highest BCUT2D eigenvalue weighted by molar-refractivity contribution is 5.76. The lowest BCUT2D eigenvalue weighted by Gasteiger charge is -2.27. The van der Waals surface area contributed by atoms with E-state index >= 15 is 0 Å². The molecule has 2 aromatic rings. The summed E-state index contributed by atoms with van der Waals surface area (Å²) in [4.78, 5) is 13.6. The van der Waals surface area contributed by atoms with Crippen LogP contribution >= 0.6 is 0 Å². The molecule has 3 heteroatoms. The molecule has 0 heterocycles. The Morgan fingerprint density at radius 3 is 2.08 bits per heavy atom. The van der Waals surface area contributed by atoms with Crippen molar-refractivity contribution in [3.05, 3.63) is 71.6 Å². The molecule has 0 saturated carbocycles. The van der Waals surface area contributed by atoms with E-state index < -0.39 is 0 Å². The quantitative estimate of drug-likeness (QED) is 0.689. The second-order valence-electron chi connectivity index (χ2n) is 7.37. The van der Waals surface area contributed by atoms with Gasteiger partial charge >= 0.3 is 0 Å². The van der Waals surface area contributed by atoms with Crippen LogP contribution in [-0.2, 0) is 17.6 Å². The Hall–Kier alpha value is -2.29. The molecule has 2 aromatic carbocycles. The molecule has 3 nitrogen and oxygen atoms in total. The molecule has 1 atom stereocenters. The van der Waals surface area contributed by atoms with Gasteiger partial charge < -0.3 is 10.6 Å². The predicted molar refractivity (Wildman–Crippen MR) is 110 cm³/mol. The molecule has 139 valence electrons. The molecule has 0 fully saturated rings. The minimum atomic E-state index is -0.224. The van der Waals surface area contributed by atoms with Gasteiger partial charge in [0.15, 0.2) is 0 Å². The Labute approximate surface area is 158 Å². The fourth-order valence-corrected chi connectivity index (χ4v) is 2.98. The topological polar surface area (TPSA) is 46.3 Å². The molecule has 0 bridgehead atoms. The predicted octanol–water partition coefficient (Wildman–Crippen LogP) is 4.40. The standard InChI is InChI=1S/C23H31N2O/c1-18(2)17-25(16-15-19(3)23(24)26)22-13-11-21(12-14-22)10-9-20-7-5-4-6-8-20/h4-8,11-14,19H,9-10,15-17H2,1-3H3,(H2,24,26). The molecule has 1 unspecified atom stereocenters. The number of amides is 1. The van der Waals surface area contributed by atoms with Crippen LogP contribution < -0.4 is 10.6 Å². The van der Waals surface area contributed by atoms with E-state index in [9.17, 15) is 4.79 Å². The SMILES string of the molecule is C[C](C)CN(CCC(C)C(N)=O)c1ccc(CCc2ccccc2)cc1. The molecule has 2 N–H and O–H groups in total. The number of carbonyl (C=O) groups is 1. The van der Waals surface area contributed by atoms with Crippen LogP contribution in [0.3, 0.4) is 0 Å². The van der Waals surface area contributed by atoms with Gasteiger partial charge in [0.2, 0.25) is 5.91 Å². The van der Waals surface area contributed by atoms with Crippen LogP contribution in [0.25, 0.3) is 0 Å². The maximum absolute atomic E-state index is 11.3. The van der Waals surface area contributed by atoms with Crippen LogP contribution in [0.2, 0.25) is 0 Å². The van der Waals surface area contributed by atoms with Crippen LogP contribution in [0.15, 0.2) is 54.6 Å². The van der Waals surface area contributed by atoms with Gasteiger partial charge in [-0.3, -0.25) is 4.79 Å². The zero-order chi connectivity index (χ0) is 18.9. The first-order valence-corrected chi connectivity index (χ1v) is 9.42. The van der Waals surface area contributed by atoms with Crippen molar-refractivity contribution in [1.29, 1.82) is 0 Å². The molecule has 1 radical (unpaired) electrons. The largest absolute Gasteiger partial charge is 0.371 e. The van der Waals surface area contributed by atoms with Gasteiger partial charge in [-0.1, -0.05) is 63.2 Å². The first-order valence-electron chi connectivity index (χ1n) is 9.42. The normalized spacial score (nSPS) is 12.2. The van der Waals surface area contributed by atoms with Crippen LogP contribution in [0.5, 0.6) is 0 Å². The van der Waals surface area contributed by atoms with E-state index in [0.29, 0.717) is 0 Å². The summed E-state index contributed by atoms with van der Waals surface area (Å²) >= 11 is 0. The minimum absolute atomic E-state index is 0.0974. The maximum Gasteiger partial charge on any atom is 0.220 e. The number of nitrogens with two attached hydrogens (primary N) is 1. The summed E-state index contributed by atoms with van der Waals surface area (Å²) in [7, 11) is 0. The fourth-order valence-electron chi connectivity index (χ4n) is 2.98. The summed E-state index contributed by atoms with van der Waals surface area (Å²) in [6.07, 6.45) is 2.88. The molecule has 1 amide bonds. The molecule has 26 heavy (non-hydrogen) atoms. The second kappa shape index (κ2) is 10.0. The lowest BCUT2D eigenvalue weighted by molar-refractivity contribution is -0.121. The van der Waals surface area contributed by atoms with Gasteiger partial charge in [-0.25, -0.2) is 0 Å². The fraction of sp³-hybridized carbons (Fsp3) is 0.391. The second-order valence-corrected chi connectivity index (χ2v) is 7.37. The van der Waals surface area contributed by atoms with E-state index in [0.717, 1.165) is 32.4 Å². The summed E-state index contributed by atoms with van der Waals surface area (Å²) in [5.74, 6) is 1.03. The first kappa shape index (κ1) is 20.0. The van der Waals surface area contributed by atoms with Crippen LogP contribution in [-0.4, -0.2) is 19.0 Å². The van der Waals surface area contributed by atoms with E-state index in [-0.39, 0.29) is 11.8 Å². The monoisotopic (exact) mass is 351 g/mol. The third-order valence-electron chi connectivity index (χ3n) is 4.67. The molecule has 0 aromatic heterocycles. The summed E-state index contributed by atoms with van der Waals surface area (Å²) in [6, 6.07) is 19.4. The Kier molecular flexibility index (Phi) is 7.71. The van der Waals surface area contributed by atoms with E-state index in [1.807, 2.05) is 6.92 Å². The molecule has 0 spiro atoms. The van der Waals surface area contributed by atoms with Crippen LogP contribution in [0, 0.1) is 11.8 Å². The van der Waals surface area contributed by atoms with Gasteiger partial charge in [0.05, 0.1) is 0 Å². The number of carbonyl (C=O) groups excluding carboxylic acids is 1. The van der Waals surface area contributed by atoms with Crippen molar-refractivity contribution in [3.8, 4) is 0 Å². The Morgan fingerprint density at radius 1 is 0.962 bits per heavy atom. The number of primary amides is 1. The molecular formula is C23H31N2O. The van der Waals surface area contributed by atoms with Crippen molar-refractivity contribution in [3.63, 3.8) is 0 Å². The lowest BCUT2D eigenvalue weighted by atomic mass is 10.0. The zero-order valence-electron chi connectivity index (χ0n) is 16.2. The molecule has 2 rings (SSSR count). The van der Waals surface area contributed by atoms with Gasteiger partial charge in [-0.15, -0.1) is 0 Å². The van der Waals surface area contributed by atoms with E-state index in [2.05, 4.69) is 73.3 Å². The van der Waals surface area contributed by atoms with E-state index in [1.165, 1.54) is 22.7 Å². The number of rotatable bonds is 10. The number of nitrogens with zero attached hydrogens (tertiary/aromatic N) is 1. The van der Waals surface area contributed by atoms with E-state index in [1.54, 1.807) is 0 Å². The van der Waals surface area contributed by atoms with Crippen molar-refractivity contribution in [2.75, 3.05) is 18.0 Å². The van der Waals surface area contributed by atoms with Crippen molar-refractivity contribution < 1.29 is 4.79 Å². The van der Waals surface area contributed by atoms with Crippen molar-refractivity contribution in [1.82, 2.24) is 0 Å². The summed E-state index contributed by atoms with van der Waals surface area (Å²) in [5.41, 5.74) is 9.32. The van der Waals surface area contributed by atoms with Crippen LogP contribution in [0.4, 0.5) is 5.69 Å². The number of anilines is 1. The Bertz CT molecular complexity index is 664. The highest BCUT2D eigenvalue weighted by Gasteiger charge is 2.14. The molecule has 0 aliphatic rings. The summed E-state index contributed by atoms with van der Waals surface area (Å²) in [6.45, 7) is 7.90. The van der Waals surface area contributed by atoms with Crippen molar-refractivity contribution >= 4 is 11.6 Å². The van der Waals surface area contributed by atoms with Gasteiger partial charge in [0, 0.05) is 24.7 Å². The molecule has 0 aliphatic carbocycles. The number of benzene rings is 2. The lowest BCUT2D eigenvalue weighted by Crippen LogP contribution is -2.31. The van der Waals surface area contributed by atoms with Gasteiger partial charge in [-0.05, 0) is 48.4 Å². The Balaban J connectivity index is 1.98. The molecule has 0 aliphatic heterocycles. The first-order chi connectivity index (χ1) is 12.5. The number of hydrogen-bond acceptors (Lipinski definition) is 2. The van der Waals surface area contributed by atoms with E-state index in [4.69, 9.17) is 5.73 Å². The van der Waals surface area contributed by atoms with Gasteiger partial charge in [-0.2, -0.15) is 0 Å². The smallest absolute Gasteiger partial charge is 0.220 e. The zero-order valence-corrected chi connectivity index (χ0v) is 16.2. The molecular weight excluding hydrogens is 320 g/mol. The third kappa shape index (κ3) is 6.55. The average Bonchev–Trinajstić information content (AvgIpc) is 2.64. The third-order valence-corrected chi connectivity index (χ3v) is 4.67. The van der Waals surface area contributed by atoms with Gasteiger partial charge in [0.1, 0.15) is 0 Å². The average molecular weight is 352 g/mol. The highest BCUT2D eigenvalue weighted by Crippen LogP contribution is 2.20. The number of aryl methyl sites for hydroxylation is 2. The summed E-state index contributed by atoms with van der Waals surface area (Å²) in [5, 5.41) is 0. The molecule has 0 saturated heterocycles. The Morgan fingerprint density at radius 2 is 1.54 bits per heavy atom. The van der Waals surface area contributed by atoms with Crippen molar-refractivity contribution in [2.24, 2.45) is 11.7 Å². The maximum atomic E-state index is 11.3. The number of hydrogen-bond donors (Lipinski definition) is 1. The minimum Gasteiger partial charge on any atom is -0.371 e. The van der Waals surface area contributed by atoms with Crippen LogP contribution in [0.1, 0.15) is 38.3 Å². The highest BCUT2D eigenvalue weighted by atomic mass is 16.1. The summed E-state index contributed by atoms with van der Waals surface area (Å²) < 4.78 is 0. The van der Waals surface area contributed by atoms with Gasteiger partial charge in [0.25, 0.3) is 0 Å². The van der Waals surface area contributed by atoms with Crippen molar-refractivity contribution in [2.45, 2.75) is 40.0 Å².